The van der Waals surface area contributed by atoms with Crippen LogP contribution in [0.25, 0.3) is 0 Å². The SMILES string of the molecule is CNS(=O)(=O)c1ccc(S(=O)(=O)Nc2ccc(Br)c(C(F)(F)F)c2)cc1. The van der Waals surface area contributed by atoms with Gasteiger partial charge in [-0.05, 0) is 49.5 Å². The van der Waals surface area contributed by atoms with Crippen LogP contribution < -0.4 is 9.44 Å². The molecule has 0 heterocycles. The summed E-state index contributed by atoms with van der Waals surface area (Å²) in [5, 5.41) is 0. The molecule has 12 heteroatoms. The predicted molar refractivity (Wildman–Crippen MR) is 92.6 cm³/mol. The van der Waals surface area contributed by atoms with Crippen LogP contribution in [0.2, 0.25) is 0 Å². The normalized spacial score (nSPS) is 12.8. The average Bonchev–Trinajstić information content (AvgIpc) is 2.55. The van der Waals surface area contributed by atoms with Crippen molar-refractivity contribution in [2.75, 3.05) is 11.8 Å². The summed E-state index contributed by atoms with van der Waals surface area (Å²) in [4.78, 5) is -0.453. The molecule has 0 fully saturated rings. The molecule has 2 aromatic carbocycles. The number of hydrogen-bond donors (Lipinski definition) is 2. The Hall–Kier alpha value is -1.63. The number of rotatable bonds is 5. The standard InChI is InChI=1S/C14H12BrF3N2O4S2/c1-19-25(21,22)10-3-5-11(6-4-10)26(23,24)20-9-2-7-13(15)12(8-9)14(16,17)18/h2-8,19-20H,1H3. The van der Waals surface area contributed by atoms with Crippen LogP contribution in [0.3, 0.4) is 0 Å². The third kappa shape index (κ3) is 4.55. The van der Waals surface area contributed by atoms with E-state index in [2.05, 4.69) is 20.7 Å². The van der Waals surface area contributed by atoms with E-state index < -0.39 is 31.8 Å². The second-order valence-corrected chi connectivity index (χ2v) is 9.40. The highest BCUT2D eigenvalue weighted by atomic mass is 79.9. The molecule has 0 aromatic heterocycles. The fraction of sp³-hybridized carbons (Fsp3) is 0.143. The molecule has 0 bridgehead atoms. The largest absolute Gasteiger partial charge is 0.417 e. The molecule has 2 N–H and O–H groups in total. The van der Waals surface area contributed by atoms with E-state index in [0.717, 1.165) is 36.4 Å². The Bertz CT molecular complexity index is 1020. The van der Waals surface area contributed by atoms with Gasteiger partial charge in [0, 0.05) is 10.2 Å². The molecule has 0 aliphatic carbocycles. The van der Waals surface area contributed by atoms with Crippen LogP contribution in [0.1, 0.15) is 5.56 Å². The van der Waals surface area contributed by atoms with E-state index in [1.54, 1.807) is 0 Å². The summed E-state index contributed by atoms with van der Waals surface area (Å²) < 4.78 is 90.5. The molecule has 0 aliphatic heterocycles. The Morgan fingerprint density at radius 2 is 1.38 bits per heavy atom. The first kappa shape index (κ1) is 20.7. The van der Waals surface area contributed by atoms with Crippen molar-refractivity contribution in [1.29, 1.82) is 0 Å². The zero-order valence-electron chi connectivity index (χ0n) is 13.0. The maximum atomic E-state index is 12.9. The van der Waals surface area contributed by atoms with Crippen LogP contribution in [-0.2, 0) is 26.2 Å². The van der Waals surface area contributed by atoms with E-state index in [1.807, 2.05) is 4.72 Å². The first-order chi connectivity index (χ1) is 11.9. The minimum absolute atomic E-state index is 0.151. The average molecular weight is 473 g/mol. The first-order valence-corrected chi connectivity index (χ1v) is 10.6. The molecule has 2 rings (SSSR count). The summed E-state index contributed by atoms with van der Waals surface area (Å²) in [6, 6.07) is 7.11. The van der Waals surface area contributed by atoms with Gasteiger partial charge in [0.1, 0.15) is 0 Å². The van der Waals surface area contributed by atoms with Gasteiger partial charge in [-0.3, -0.25) is 4.72 Å². The second kappa shape index (κ2) is 7.18. The van der Waals surface area contributed by atoms with Gasteiger partial charge in [-0.2, -0.15) is 13.2 Å². The summed E-state index contributed by atoms with van der Waals surface area (Å²) in [5.41, 5.74) is -1.32. The summed E-state index contributed by atoms with van der Waals surface area (Å²) in [5.74, 6) is 0. The molecule has 0 unspecified atom stereocenters. The van der Waals surface area contributed by atoms with Crippen molar-refractivity contribution >= 4 is 41.7 Å². The molecular formula is C14H12BrF3N2O4S2. The van der Waals surface area contributed by atoms with Crippen LogP contribution in [0.4, 0.5) is 18.9 Å². The lowest BCUT2D eigenvalue weighted by Gasteiger charge is -2.13. The Morgan fingerprint density at radius 1 is 0.885 bits per heavy atom. The van der Waals surface area contributed by atoms with Crippen LogP contribution in [0, 0.1) is 0 Å². The van der Waals surface area contributed by atoms with Crippen molar-refractivity contribution in [3.8, 4) is 0 Å². The fourth-order valence-electron chi connectivity index (χ4n) is 1.94. The number of benzene rings is 2. The van der Waals surface area contributed by atoms with E-state index in [1.165, 1.54) is 7.05 Å². The van der Waals surface area contributed by atoms with E-state index in [-0.39, 0.29) is 20.0 Å². The highest BCUT2D eigenvalue weighted by Gasteiger charge is 2.33. The minimum atomic E-state index is -4.66. The highest BCUT2D eigenvalue weighted by molar-refractivity contribution is 9.10. The zero-order valence-corrected chi connectivity index (χ0v) is 16.2. The van der Waals surface area contributed by atoms with Gasteiger partial charge in [0.05, 0.1) is 15.4 Å². The predicted octanol–water partition coefficient (Wildman–Crippen LogP) is 3.18. The monoisotopic (exact) mass is 472 g/mol. The molecule has 0 radical (unpaired) electrons. The van der Waals surface area contributed by atoms with Crippen molar-refractivity contribution in [3.63, 3.8) is 0 Å². The summed E-state index contributed by atoms with van der Waals surface area (Å²) in [6.45, 7) is 0. The summed E-state index contributed by atoms with van der Waals surface area (Å²) in [6.07, 6.45) is -4.66. The smallest absolute Gasteiger partial charge is 0.280 e. The Balaban J connectivity index is 2.35. The molecule has 2 aromatic rings. The number of anilines is 1. The number of hydrogen-bond acceptors (Lipinski definition) is 4. The molecule has 0 aliphatic rings. The van der Waals surface area contributed by atoms with Crippen molar-refractivity contribution in [1.82, 2.24) is 4.72 Å². The van der Waals surface area contributed by atoms with Crippen molar-refractivity contribution in [3.05, 3.63) is 52.5 Å². The maximum absolute atomic E-state index is 12.9. The lowest BCUT2D eigenvalue weighted by Crippen LogP contribution is -2.19. The number of nitrogens with one attached hydrogen (secondary N) is 2. The Labute approximate surface area is 156 Å². The molecule has 0 spiro atoms. The van der Waals surface area contributed by atoms with E-state index >= 15 is 0 Å². The van der Waals surface area contributed by atoms with Gasteiger partial charge >= 0.3 is 6.18 Å². The number of sulfonamides is 2. The molecule has 0 saturated carbocycles. The molecule has 0 saturated heterocycles. The van der Waals surface area contributed by atoms with Gasteiger partial charge in [0.25, 0.3) is 10.0 Å². The fourth-order valence-corrected chi connectivity index (χ4v) is 4.19. The second-order valence-electron chi connectivity index (χ2n) is 4.98. The number of alkyl halides is 3. The minimum Gasteiger partial charge on any atom is -0.280 e. The summed E-state index contributed by atoms with van der Waals surface area (Å²) >= 11 is 2.76. The first-order valence-electron chi connectivity index (χ1n) is 6.80. The van der Waals surface area contributed by atoms with Gasteiger partial charge in [0.15, 0.2) is 0 Å². The van der Waals surface area contributed by atoms with E-state index in [9.17, 15) is 30.0 Å². The third-order valence-corrected chi connectivity index (χ3v) is 6.76. The van der Waals surface area contributed by atoms with Gasteiger partial charge in [-0.1, -0.05) is 15.9 Å². The highest BCUT2D eigenvalue weighted by Crippen LogP contribution is 2.36. The molecule has 0 amide bonds. The molecule has 0 atom stereocenters. The molecular weight excluding hydrogens is 461 g/mol. The molecule has 26 heavy (non-hydrogen) atoms. The lowest BCUT2D eigenvalue weighted by atomic mass is 10.2. The van der Waals surface area contributed by atoms with Gasteiger partial charge < -0.3 is 0 Å². The number of halogens is 4. The van der Waals surface area contributed by atoms with Crippen molar-refractivity contribution in [2.24, 2.45) is 0 Å². The van der Waals surface area contributed by atoms with Gasteiger partial charge in [-0.25, -0.2) is 21.6 Å². The molecule has 142 valence electrons. The topological polar surface area (TPSA) is 92.3 Å². The van der Waals surface area contributed by atoms with Crippen molar-refractivity contribution < 1.29 is 30.0 Å². The van der Waals surface area contributed by atoms with Crippen LogP contribution in [0.5, 0.6) is 0 Å². The van der Waals surface area contributed by atoms with E-state index in [0.29, 0.717) is 6.07 Å². The van der Waals surface area contributed by atoms with Crippen LogP contribution >= 0.6 is 15.9 Å². The Morgan fingerprint density at radius 3 is 1.85 bits per heavy atom. The van der Waals surface area contributed by atoms with Crippen LogP contribution in [-0.4, -0.2) is 23.9 Å². The van der Waals surface area contributed by atoms with Crippen molar-refractivity contribution in [2.45, 2.75) is 16.0 Å². The molecule has 6 nitrogen and oxygen atoms in total. The quantitative estimate of drug-likeness (QED) is 0.698. The van der Waals surface area contributed by atoms with E-state index in [4.69, 9.17) is 0 Å². The third-order valence-electron chi connectivity index (χ3n) is 3.24. The Kier molecular flexibility index (Phi) is 5.71. The lowest BCUT2D eigenvalue weighted by molar-refractivity contribution is -0.138. The maximum Gasteiger partial charge on any atom is 0.417 e. The zero-order chi connectivity index (χ0) is 19.8. The van der Waals surface area contributed by atoms with Gasteiger partial charge in [0.2, 0.25) is 10.0 Å². The van der Waals surface area contributed by atoms with Crippen LogP contribution in [0.15, 0.2) is 56.7 Å². The summed E-state index contributed by atoms with van der Waals surface area (Å²) in [7, 11) is -6.75. The van der Waals surface area contributed by atoms with Gasteiger partial charge in [-0.15, -0.1) is 0 Å².